The molecule has 1 aliphatic rings. The summed E-state index contributed by atoms with van der Waals surface area (Å²) in [5.41, 5.74) is 1.69. The van der Waals surface area contributed by atoms with Crippen molar-refractivity contribution in [2.24, 2.45) is 0 Å². The van der Waals surface area contributed by atoms with Crippen LogP contribution in [-0.4, -0.2) is 53.5 Å². The minimum atomic E-state index is -3.03. The Morgan fingerprint density at radius 2 is 2.42 bits per heavy atom. The van der Waals surface area contributed by atoms with Crippen molar-refractivity contribution in [3.63, 3.8) is 0 Å². The molecular formula is C11H16N2O4S2. The summed E-state index contributed by atoms with van der Waals surface area (Å²) in [6.07, 6.45) is 2.20. The Morgan fingerprint density at radius 3 is 2.89 bits per heavy atom. The van der Waals surface area contributed by atoms with Crippen LogP contribution in [0.4, 0.5) is 0 Å². The molecule has 0 saturated carbocycles. The summed E-state index contributed by atoms with van der Waals surface area (Å²) in [6.45, 7) is 1.74. The number of nitrogens with zero attached hydrogens (tertiary/aromatic N) is 2. The number of carboxylic acids is 1. The van der Waals surface area contributed by atoms with Gasteiger partial charge in [-0.3, -0.25) is 14.7 Å². The highest BCUT2D eigenvalue weighted by Crippen LogP contribution is 2.29. The van der Waals surface area contributed by atoms with Crippen LogP contribution in [0.15, 0.2) is 11.7 Å². The molecule has 2 heterocycles. The third kappa shape index (κ3) is 3.52. The summed E-state index contributed by atoms with van der Waals surface area (Å²) in [6, 6.07) is -0.361. The average molecular weight is 304 g/mol. The number of hydrogen-bond donors (Lipinski definition) is 1. The van der Waals surface area contributed by atoms with Gasteiger partial charge in [-0.05, 0) is 13.3 Å². The minimum absolute atomic E-state index is 0.0451. The van der Waals surface area contributed by atoms with Gasteiger partial charge in [0, 0.05) is 23.2 Å². The number of rotatable bonds is 5. The standard InChI is InChI=1S/C11H16N2O4S2/c1-8(10-4-12-7-18-10)13(5-11(14)15)9-2-3-19(16,17)6-9/h4,7-9H,2-3,5-6H2,1H3,(H,14,15). The zero-order valence-electron chi connectivity index (χ0n) is 10.5. The van der Waals surface area contributed by atoms with Crippen molar-refractivity contribution in [1.29, 1.82) is 0 Å². The van der Waals surface area contributed by atoms with Gasteiger partial charge in [0.25, 0.3) is 0 Å². The maximum absolute atomic E-state index is 11.6. The van der Waals surface area contributed by atoms with Gasteiger partial charge in [-0.15, -0.1) is 11.3 Å². The Hall–Kier alpha value is -0.990. The van der Waals surface area contributed by atoms with E-state index in [1.807, 2.05) is 6.92 Å². The van der Waals surface area contributed by atoms with Crippen LogP contribution < -0.4 is 0 Å². The average Bonchev–Trinajstić information content (AvgIpc) is 2.94. The first-order valence-electron chi connectivity index (χ1n) is 5.95. The highest BCUT2D eigenvalue weighted by atomic mass is 32.2. The van der Waals surface area contributed by atoms with Crippen LogP contribution >= 0.6 is 11.3 Å². The Labute approximate surface area is 116 Å². The van der Waals surface area contributed by atoms with Crippen LogP contribution in [0, 0.1) is 0 Å². The van der Waals surface area contributed by atoms with Crippen molar-refractivity contribution in [3.8, 4) is 0 Å². The minimum Gasteiger partial charge on any atom is -0.480 e. The Bertz CT molecular complexity index is 541. The third-order valence-electron chi connectivity index (χ3n) is 3.36. The second-order valence-corrected chi connectivity index (χ2v) is 7.85. The fraction of sp³-hybridized carbons (Fsp3) is 0.636. The first kappa shape index (κ1) is 14.4. The lowest BCUT2D eigenvalue weighted by Crippen LogP contribution is -2.41. The molecule has 1 N–H and O–H groups in total. The SMILES string of the molecule is CC(c1cncs1)N(CC(=O)O)C1CCS(=O)(=O)C1. The molecular weight excluding hydrogens is 288 g/mol. The molecule has 19 heavy (non-hydrogen) atoms. The molecule has 6 nitrogen and oxygen atoms in total. The molecule has 2 rings (SSSR count). The maximum atomic E-state index is 11.6. The zero-order chi connectivity index (χ0) is 14.0. The van der Waals surface area contributed by atoms with Crippen molar-refractivity contribution in [1.82, 2.24) is 9.88 Å². The first-order valence-corrected chi connectivity index (χ1v) is 8.65. The number of aliphatic carboxylic acids is 1. The van der Waals surface area contributed by atoms with E-state index in [2.05, 4.69) is 4.98 Å². The van der Waals surface area contributed by atoms with Crippen LogP contribution in [0.25, 0.3) is 0 Å². The van der Waals surface area contributed by atoms with Gasteiger partial charge < -0.3 is 5.11 Å². The van der Waals surface area contributed by atoms with E-state index in [1.165, 1.54) is 11.3 Å². The largest absolute Gasteiger partial charge is 0.480 e. The van der Waals surface area contributed by atoms with E-state index in [4.69, 9.17) is 5.11 Å². The fourth-order valence-electron chi connectivity index (χ4n) is 2.37. The Morgan fingerprint density at radius 1 is 1.68 bits per heavy atom. The van der Waals surface area contributed by atoms with Crippen molar-refractivity contribution >= 4 is 27.1 Å². The Kier molecular flexibility index (Phi) is 4.22. The van der Waals surface area contributed by atoms with E-state index in [0.717, 1.165) is 4.88 Å². The molecule has 8 heteroatoms. The van der Waals surface area contributed by atoms with Crippen molar-refractivity contribution in [2.45, 2.75) is 25.4 Å². The summed E-state index contributed by atoms with van der Waals surface area (Å²) in [7, 11) is -3.03. The second-order valence-electron chi connectivity index (χ2n) is 4.70. The van der Waals surface area contributed by atoms with E-state index >= 15 is 0 Å². The normalized spacial score (nSPS) is 23.6. The van der Waals surface area contributed by atoms with Gasteiger partial charge in [-0.25, -0.2) is 8.42 Å². The van der Waals surface area contributed by atoms with Gasteiger partial charge in [0.05, 0.1) is 23.6 Å². The second kappa shape index (κ2) is 5.56. The number of carboxylic acid groups (broad SMARTS) is 1. The summed E-state index contributed by atoms with van der Waals surface area (Å²) in [4.78, 5) is 17.7. The van der Waals surface area contributed by atoms with Crippen LogP contribution in [0.5, 0.6) is 0 Å². The van der Waals surface area contributed by atoms with E-state index in [-0.39, 0.29) is 30.1 Å². The van der Waals surface area contributed by atoms with Crippen LogP contribution in [0.3, 0.4) is 0 Å². The number of sulfone groups is 1. The van der Waals surface area contributed by atoms with E-state index < -0.39 is 15.8 Å². The van der Waals surface area contributed by atoms with Gasteiger partial charge in [0.15, 0.2) is 9.84 Å². The van der Waals surface area contributed by atoms with Gasteiger partial charge >= 0.3 is 5.97 Å². The molecule has 0 radical (unpaired) electrons. The van der Waals surface area contributed by atoms with Crippen molar-refractivity contribution in [2.75, 3.05) is 18.1 Å². The van der Waals surface area contributed by atoms with Crippen LogP contribution in [0.1, 0.15) is 24.3 Å². The molecule has 2 unspecified atom stereocenters. The monoisotopic (exact) mass is 304 g/mol. The van der Waals surface area contributed by atoms with Crippen LogP contribution in [-0.2, 0) is 14.6 Å². The van der Waals surface area contributed by atoms with E-state index in [1.54, 1.807) is 16.6 Å². The Balaban J connectivity index is 2.19. The van der Waals surface area contributed by atoms with Crippen molar-refractivity contribution in [3.05, 3.63) is 16.6 Å². The molecule has 0 spiro atoms. The predicted octanol–water partition coefficient (Wildman–Crippen LogP) is 0.778. The molecule has 2 atom stereocenters. The lowest BCUT2D eigenvalue weighted by atomic mass is 10.1. The van der Waals surface area contributed by atoms with E-state index in [0.29, 0.717) is 6.42 Å². The number of hydrogen-bond acceptors (Lipinski definition) is 6. The van der Waals surface area contributed by atoms with Gasteiger partial charge in [0.2, 0.25) is 0 Å². The number of thiazole rings is 1. The molecule has 106 valence electrons. The third-order valence-corrected chi connectivity index (χ3v) is 6.05. The molecule has 0 aliphatic carbocycles. The summed E-state index contributed by atoms with van der Waals surface area (Å²) < 4.78 is 23.1. The zero-order valence-corrected chi connectivity index (χ0v) is 12.2. The number of carbonyl (C=O) groups is 1. The molecule has 1 aliphatic heterocycles. The van der Waals surface area contributed by atoms with Gasteiger partial charge in [-0.2, -0.15) is 0 Å². The topological polar surface area (TPSA) is 87.6 Å². The summed E-state index contributed by atoms with van der Waals surface area (Å²) >= 11 is 1.45. The number of aromatic nitrogens is 1. The van der Waals surface area contributed by atoms with Crippen LogP contribution in [0.2, 0.25) is 0 Å². The highest BCUT2D eigenvalue weighted by Gasteiger charge is 2.35. The first-order chi connectivity index (χ1) is 8.89. The van der Waals surface area contributed by atoms with Gasteiger partial charge in [-0.1, -0.05) is 0 Å². The smallest absolute Gasteiger partial charge is 0.317 e. The molecule has 0 aromatic carbocycles. The summed E-state index contributed by atoms with van der Waals surface area (Å²) in [5.74, 6) is -0.757. The summed E-state index contributed by atoms with van der Waals surface area (Å²) in [5, 5.41) is 9.02. The molecule has 0 amide bonds. The lowest BCUT2D eigenvalue weighted by Gasteiger charge is -2.31. The fourth-order valence-corrected chi connectivity index (χ4v) is 4.81. The molecule has 0 bridgehead atoms. The molecule has 1 fully saturated rings. The molecule has 1 aromatic heterocycles. The lowest BCUT2D eigenvalue weighted by molar-refractivity contribution is -0.139. The quantitative estimate of drug-likeness (QED) is 0.865. The van der Waals surface area contributed by atoms with Crippen molar-refractivity contribution < 1.29 is 18.3 Å². The maximum Gasteiger partial charge on any atom is 0.317 e. The van der Waals surface area contributed by atoms with E-state index in [9.17, 15) is 13.2 Å². The van der Waals surface area contributed by atoms with Gasteiger partial charge in [0.1, 0.15) is 0 Å². The highest BCUT2D eigenvalue weighted by molar-refractivity contribution is 7.91. The molecule has 1 saturated heterocycles. The molecule has 1 aromatic rings. The predicted molar refractivity (Wildman–Crippen MR) is 71.9 cm³/mol.